The Hall–Kier alpha value is -1.81. The Balaban J connectivity index is 1.85. The zero-order valence-corrected chi connectivity index (χ0v) is 13.2. The molecule has 22 heavy (non-hydrogen) atoms. The predicted molar refractivity (Wildman–Crippen MR) is 87.3 cm³/mol. The van der Waals surface area contributed by atoms with Crippen molar-refractivity contribution in [2.45, 2.75) is 45.2 Å². The van der Waals surface area contributed by atoms with E-state index in [2.05, 4.69) is 12.2 Å². The Morgan fingerprint density at radius 1 is 1.27 bits per heavy atom. The van der Waals surface area contributed by atoms with Crippen molar-refractivity contribution < 1.29 is 9.15 Å². The highest BCUT2D eigenvalue weighted by atomic mass is 16.5. The van der Waals surface area contributed by atoms with E-state index in [1.165, 1.54) is 25.7 Å². The van der Waals surface area contributed by atoms with E-state index in [1.54, 1.807) is 19.2 Å². The number of ether oxygens (including phenoxy) is 1. The number of methoxy groups -OCH3 is 1. The number of nitrogens with one attached hydrogen (secondary N) is 1. The average molecular weight is 301 g/mol. The van der Waals surface area contributed by atoms with Crippen LogP contribution in [0.1, 0.15) is 38.2 Å². The van der Waals surface area contributed by atoms with Gasteiger partial charge in [-0.2, -0.15) is 0 Å². The molecule has 1 saturated carbocycles. The highest BCUT2D eigenvalue weighted by molar-refractivity contribution is 5.81. The minimum absolute atomic E-state index is 0.311. The first kappa shape index (κ1) is 15.1. The third-order valence-corrected chi connectivity index (χ3v) is 4.70. The van der Waals surface area contributed by atoms with Gasteiger partial charge in [-0.05, 0) is 36.5 Å². The number of hydrogen-bond donors (Lipinski definition) is 1. The molecule has 1 aliphatic rings. The van der Waals surface area contributed by atoms with Crippen LogP contribution in [-0.2, 0) is 6.54 Å². The summed E-state index contributed by atoms with van der Waals surface area (Å²) in [5.74, 6) is 1.39. The lowest BCUT2D eigenvalue weighted by Gasteiger charge is -2.29. The third kappa shape index (κ3) is 3.17. The molecule has 118 valence electrons. The van der Waals surface area contributed by atoms with Crippen LogP contribution in [0.25, 0.3) is 11.0 Å². The lowest BCUT2D eigenvalue weighted by molar-refractivity contribution is 0.279. The Morgan fingerprint density at radius 2 is 2.09 bits per heavy atom. The SMILES string of the molecule is COc1ccc2c(CN[C@@H]3CCCC[C@@H]3C)cc(=O)oc2c1. The predicted octanol–water partition coefficient (Wildman–Crippen LogP) is 3.47. The van der Waals surface area contributed by atoms with Crippen LogP contribution >= 0.6 is 0 Å². The standard InChI is InChI=1S/C18H23NO3/c1-12-5-3-4-6-16(12)19-11-13-9-18(20)22-17-10-14(21-2)7-8-15(13)17/h7-10,12,16,19H,3-6,11H2,1-2H3/t12-,16+/m0/s1. The molecule has 2 aromatic rings. The van der Waals surface area contributed by atoms with Crippen molar-refractivity contribution in [3.8, 4) is 5.75 Å². The summed E-state index contributed by atoms with van der Waals surface area (Å²) >= 11 is 0. The molecule has 0 spiro atoms. The fourth-order valence-corrected chi connectivity index (χ4v) is 3.34. The van der Waals surface area contributed by atoms with E-state index in [1.807, 2.05) is 12.1 Å². The Morgan fingerprint density at radius 3 is 2.86 bits per heavy atom. The lowest BCUT2D eigenvalue weighted by Crippen LogP contribution is -2.36. The molecule has 1 aromatic heterocycles. The highest BCUT2D eigenvalue weighted by Crippen LogP contribution is 2.25. The first-order valence-corrected chi connectivity index (χ1v) is 8.01. The Labute approximate surface area is 130 Å². The van der Waals surface area contributed by atoms with Gasteiger partial charge < -0.3 is 14.5 Å². The molecule has 4 heteroatoms. The summed E-state index contributed by atoms with van der Waals surface area (Å²) in [5.41, 5.74) is 1.27. The van der Waals surface area contributed by atoms with Crippen LogP contribution in [0.15, 0.2) is 33.5 Å². The van der Waals surface area contributed by atoms with Gasteiger partial charge in [-0.15, -0.1) is 0 Å². The molecule has 0 unspecified atom stereocenters. The monoisotopic (exact) mass is 301 g/mol. The van der Waals surface area contributed by atoms with E-state index in [4.69, 9.17) is 9.15 Å². The molecule has 0 amide bonds. The highest BCUT2D eigenvalue weighted by Gasteiger charge is 2.20. The summed E-state index contributed by atoms with van der Waals surface area (Å²) in [4.78, 5) is 11.8. The lowest BCUT2D eigenvalue weighted by atomic mass is 9.86. The van der Waals surface area contributed by atoms with Gasteiger partial charge in [-0.3, -0.25) is 0 Å². The molecule has 0 aliphatic heterocycles. The van der Waals surface area contributed by atoms with E-state index < -0.39 is 0 Å². The fourth-order valence-electron chi connectivity index (χ4n) is 3.34. The van der Waals surface area contributed by atoms with Crippen molar-refractivity contribution in [3.63, 3.8) is 0 Å². The van der Waals surface area contributed by atoms with Crippen LogP contribution in [0.3, 0.4) is 0 Å². The van der Waals surface area contributed by atoms with Gasteiger partial charge in [0.1, 0.15) is 11.3 Å². The molecule has 3 rings (SSSR count). The molecule has 1 aromatic carbocycles. The van der Waals surface area contributed by atoms with Gasteiger partial charge in [-0.25, -0.2) is 4.79 Å². The Kier molecular flexibility index (Phi) is 4.48. The maximum Gasteiger partial charge on any atom is 0.336 e. The number of fused-ring (bicyclic) bond motifs is 1. The summed E-state index contributed by atoms with van der Waals surface area (Å²) < 4.78 is 10.5. The van der Waals surface area contributed by atoms with Crippen molar-refractivity contribution in [2.24, 2.45) is 5.92 Å². The van der Waals surface area contributed by atoms with E-state index in [9.17, 15) is 4.79 Å². The second-order valence-corrected chi connectivity index (χ2v) is 6.20. The van der Waals surface area contributed by atoms with Crippen molar-refractivity contribution in [1.82, 2.24) is 5.32 Å². The first-order valence-electron chi connectivity index (χ1n) is 8.01. The minimum atomic E-state index is -0.311. The topological polar surface area (TPSA) is 51.5 Å². The smallest absolute Gasteiger partial charge is 0.336 e. The van der Waals surface area contributed by atoms with E-state index in [0.29, 0.717) is 29.8 Å². The van der Waals surface area contributed by atoms with Crippen LogP contribution in [0, 0.1) is 5.92 Å². The van der Waals surface area contributed by atoms with Crippen LogP contribution in [0.2, 0.25) is 0 Å². The summed E-state index contributed by atoms with van der Waals surface area (Å²) in [7, 11) is 1.61. The maximum atomic E-state index is 11.8. The largest absolute Gasteiger partial charge is 0.497 e. The molecule has 4 nitrogen and oxygen atoms in total. The molecule has 0 bridgehead atoms. The summed E-state index contributed by atoms with van der Waals surface area (Å²) in [6, 6.07) is 7.75. The van der Waals surface area contributed by atoms with Gasteiger partial charge in [0.15, 0.2) is 0 Å². The second-order valence-electron chi connectivity index (χ2n) is 6.20. The van der Waals surface area contributed by atoms with Gasteiger partial charge in [0.25, 0.3) is 0 Å². The van der Waals surface area contributed by atoms with Crippen molar-refractivity contribution >= 4 is 11.0 Å². The number of hydrogen-bond acceptors (Lipinski definition) is 4. The van der Waals surface area contributed by atoms with Gasteiger partial charge >= 0.3 is 5.63 Å². The average Bonchev–Trinajstić information content (AvgIpc) is 2.53. The maximum absolute atomic E-state index is 11.8. The van der Waals surface area contributed by atoms with E-state index >= 15 is 0 Å². The summed E-state index contributed by atoms with van der Waals surface area (Å²) in [6.07, 6.45) is 5.12. The molecular formula is C18H23NO3. The zero-order chi connectivity index (χ0) is 15.5. The first-order chi connectivity index (χ1) is 10.7. The second kappa shape index (κ2) is 6.53. The fraction of sp³-hybridized carbons (Fsp3) is 0.500. The minimum Gasteiger partial charge on any atom is -0.497 e. The van der Waals surface area contributed by atoms with E-state index in [-0.39, 0.29) is 5.63 Å². The number of rotatable bonds is 4. The molecule has 1 heterocycles. The molecule has 1 fully saturated rings. The molecule has 1 N–H and O–H groups in total. The molecule has 0 saturated heterocycles. The molecule has 0 radical (unpaired) electrons. The van der Waals surface area contributed by atoms with Crippen molar-refractivity contribution in [1.29, 1.82) is 0 Å². The van der Waals surface area contributed by atoms with Gasteiger partial charge in [0.05, 0.1) is 7.11 Å². The molecule has 2 atom stereocenters. The van der Waals surface area contributed by atoms with Gasteiger partial charge in [0.2, 0.25) is 0 Å². The quantitative estimate of drug-likeness (QED) is 0.879. The summed E-state index contributed by atoms with van der Waals surface area (Å²) in [6.45, 7) is 3.00. The van der Waals surface area contributed by atoms with Crippen LogP contribution in [-0.4, -0.2) is 13.2 Å². The Bertz CT molecular complexity index is 707. The van der Waals surface area contributed by atoms with Gasteiger partial charge in [-0.1, -0.05) is 19.8 Å². The third-order valence-electron chi connectivity index (χ3n) is 4.70. The molecular weight excluding hydrogens is 278 g/mol. The summed E-state index contributed by atoms with van der Waals surface area (Å²) in [5, 5.41) is 4.59. The van der Waals surface area contributed by atoms with E-state index in [0.717, 1.165) is 10.9 Å². The van der Waals surface area contributed by atoms with Gasteiger partial charge in [0, 0.05) is 30.1 Å². The van der Waals surface area contributed by atoms with Crippen LogP contribution < -0.4 is 15.7 Å². The van der Waals surface area contributed by atoms with Crippen molar-refractivity contribution in [3.05, 3.63) is 40.2 Å². The number of benzene rings is 1. The normalized spacial score (nSPS) is 21.9. The van der Waals surface area contributed by atoms with Crippen molar-refractivity contribution in [2.75, 3.05) is 7.11 Å². The zero-order valence-electron chi connectivity index (χ0n) is 13.2. The molecule has 1 aliphatic carbocycles. The van der Waals surface area contributed by atoms with Crippen LogP contribution in [0.4, 0.5) is 0 Å². The van der Waals surface area contributed by atoms with Crippen LogP contribution in [0.5, 0.6) is 5.75 Å².